The number of amides is 1. The fraction of sp³-hybridized carbons (Fsp3) is 0.476. The molecule has 0 fully saturated rings. The second-order valence-electron chi connectivity index (χ2n) is 4.24. The van der Waals surface area contributed by atoms with Crippen molar-refractivity contribution in [3.63, 3.8) is 0 Å². The minimum atomic E-state index is -0.406. The summed E-state index contributed by atoms with van der Waals surface area (Å²) in [4.78, 5) is 9.92. The van der Waals surface area contributed by atoms with E-state index in [1.807, 2.05) is 41.5 Å². The van der Waals surface area contributed by atoms with E-state index in [-0.39, 0.29) is 6.54 Å². The molecule has 2 rings (SSSR count). The summed E-state index contributed by atoms with van der Waals surface area (Å²) in [5.74, 6) is -0.406. The molecule has 3 nitrogen and oxygen atoms in total. The number of hydrogen-bond acceptors (Lipinski definition) is 1. The van der Waals surface area contributed by atoms with Crippen molar-refractivity contribution in [1.82, 2.24) is 9.88 Å². The summed E-state index contributed by atoms with van der Waals surface area (Å²) < 4.78 is 16.3. The molecule has 6 heteroatoms. The number of carbonyl (C=O) groups is 1. The highest BCUT2D eigenvalue weighted by Crippen LogP contribution is 2.18. The molecule has 2 aromatic rings. The molecular formula is C21H35BrClFN2O. The van der Waals surface area contributed by atoms with Crippen LogP contribution in [-0.4, -0.2) is 11.0 Å². The van der Waals surface area contributed by atoms with Crippen LogP contribution in [0, 0.1) is 12.7 Å². The maximum atomic E-state index is 12.9. The minimum absolute atomic E-state index is 0.120. The molecule has 0 aliphatic heterocycles. The number of rotatable bonds is 4. The summed E-state index contributed by atoms with van der Waals surface area (Å²) in [6, 6.07) is 8.56. The van der Waals surface area contributed by atoms with Gasteiger partial charge in [-0.2, -0.15) is 0 Å². The number of hydrogen-bond donors (Lipinski definition) is 1. The van der Waals surface area contributed by atoms with Crippen molar-refractivity contribution >= 4 is 33.9 Å². The van der Waals surface area contributed by atoms with E-state index in [4.69, 9.17) is 11.6 Å². The Morgan fingerprint density at radius 1 is 1.11 bits per heavy atom. The lowest BCUT2D eigenvalue weighted by molar-refractivity contribution is -0.109. The molecule has 0 aliphatic rings. The van der Waals surface area contributed by atoms with E-state index in [0.29, 0.717) is 17.0 Å². The molecule has 1 aromatic heterocycles. The molecule has 1 aromatic carbocycles. The predicted molar refractivity (Wildman–Crippen MR) is 121 cm³/mol. The normalized spacial score (nSPS) is 8.26. The van der Waals surface area contributed by atoms with Gasteiger partial charge in [0.15, 0.2) is 0 Å². The first-order valence-electron chi connectivity index (χ1n) is 9.42. The Balaban J connectivity index is -0.000000341. The molecule has 0 unspecified atom stereocenters. The predicted octanol–water partition coefficient (Wildman–Crippen LogP) is 7.38. The highest BCUT2D eigenvalue weighted by atomic mass is 79.9. The molecule has 1 heterocycles. The molecule has 0 saturated heterocycles. The van der Waals surface area contributed by atoms with Crippen molar-refractivity contribution in [3.8, 4) is 0 Å². The van der Waals surface area contributed by atoms with Crippen molar-refractivity contribution in [2.45, 2.75) is 68.5 Å². The van der Waals surface area contributed by atoms with Gasteiger partial charge in [-0.05, 0) is 54.0 Å². The van der Waals surface area contributed by atoms with E-state index >= 15 is 0 Å². The summed E-state index contributed by atoms with van der Waals surface area (Å²) in [5.41, 5.74) is 1.62. The lowest BCUT2D eigenvalue weighted by atomic mass is 10.2. The van der Waals surface area contributed by atoms with Crippen molar-refractivity contribution in [3.05, 3.63) is 57.0 Å². The molecule has 1 N–H and O–H groups in total. The zero-order valence-electron chi connectivity index (χ0n) is 17.9. The van der Waals surface area contributed by atoms with Gasteiger partial charge in [-0.3, -0.25) is 4.79 Å². The SMILES string of the molecule is CC.CC.CC.CCn1c(C)ccc1Br.O=CNCc1c(F)cccc1Cl. The Hall–Kier alpha value is -1.33. The monoisotopic (exact) mass is 464 g/mol. The second-order valence-corrected chi connectivity index (χ2v) is 5.46. The number of aryl methyl sites for hydroxylation is 1. The smallest absolute Gasteiger partial charge is 0.207 e. The average molecular weight is 466 g/mol. The van der Waals surface area contributed by atoms with Crippen molar-refractivity contribution in [2.24, 2.45) is 0 Å². The lowest BCUT2D eigenvalue weighted by Gasteiger charge is -2.03. The van der Waals surface area contributed by atoms with Gasteiger partial charge in [0.2, 0.25) is 6.41 Å². The zero-order valence-corrected chi connectivity index (χ0v) is 20.2. The van der Waals surface area contributed by atoms with Crippen LogP contribution < -0.4 is 5.32 Å². The van der Waals surface area contributed by atoms with Crippen LogP contribution in [0.2, 0.25) is 5.02 Å². The third kappa shape index (κ3) is 12.6. The van der Waals surface area contributed by atoms with E-state index in [1.165, 1.54) is 22.4 Å². The number of nitrogens with zero attached hydrogens (tertiary/aromatic N) is 1. The van der Waals surface area contributed by atoms with Gasteiger partial charge in [0.05, 0.1) is 4.60 Å². The first kappa shape index (κ1) is 30.4. The van der Waals surface area contributed by atoms with Gasteiger partial charge in [0.1, 0.15) is 5.82 Å². The number of aromatic nitrogens is 1. The van der Waals surface area contributed by atoms with E-state index in [2.05, 4.69) is 51.8 Å². The van der Waals surface area contributed by atoms with Crippen LogP contribution in [0.15, 0.2) is 34.9 Å². The summed E-state index contributed by atoms with van der Waals surface area (Å²) in [6.45, 7) is 17.4. The largest absolute Gasteiger partial charge is 0.354 e. The van der Waals surface area contributed by atoms with E-state index in [9.17, 15) is 9.18 Å². The Morgan fingerprint density at radius 3 is 2.00 bits per heavy atom. The quantitative estimate of drug-likeness (QED) is 0.469. The van der Waals surface area contributed by atoms with Gasteiger partial charge < -0.3 is 9.88 Å². The topological polar surface area (TPSA) is 34.0 Å². The first-order chi connectivity index (χ1) is 13.0. The van der Waals surface area contributed by atoms with Crippen molar-refractivity contribution in [1.29, 1.82) is 0 Å². The first-order valence-corrected chi connectivity index (χ1v) is 10.6. The summed E-state index contributed by atoms with van der Waals surface area (Å²) in [7, 11) is 0. The molecule has 27 heavy (non-hydrogen) atoms. The van der Waals surface area contributed by atoms with E-state index in [0.717, 1.165) is 6.54 Å². The average Bonchev–Trinajstić information content (AvgIpc) is 3.04. The van der Waals surface area contributed by atoms with Crippen LogP contribution in [0.3, 0.4) is 0 Å². The Kier molecular flexibility index (Phi) is 23.6. The second kappa shape index (κ2) is 21.0. The molecule has 0 atom stereocenters. The van der Waals surface area contributed by atoms with Crippen LogP contribution in [0.4, 0.5) is 4.39 Å². The highest BCUT2D eigenvalue weighted by Gasteiger charge is 2.04. The molecule has 0 radical (unpaired) electrons. The third-order valence-corrected chi connectivity index (χ3v) is 3.93. The lowest BCUT2D eigenvalue weighted by Crippen LogP contribution is -2.11. The van der Waals surface area contributed by atoms with Crippen LogP contribution in [-0.2, 0) is 17.9 Å². The van der Waals surface area contributed by atoms with Crippen LogP contribution in [0.1, 0.15) is 59.7 Å². The summed E-state index contributed by atoms with van der Waals surface area (Å²) >= 11 is 9.11. The number of halogens is 3. The fourth-order valence-corrected chi connectivity index (χ4v) is 2.68. The highest BCUT2D eigenvalue weighted by molar-refractivity contribution is 9.10. The number of benzene rings is 1. The van der Waals surface area contributed by atoms with Gasteiger partial charge >= 0.3 is 0 Å². The van der Waals surface area contributed by atoms with Gasteiger partial charge in [-0.1, -0.05) is 59.2 Å². The fourth-order valence-electron chi connectivity index (χ4n) is 1.78. The third-order valence-electron chi connectivity index (χ3n) is 2.89. The Bertz CT molecular complexity index is 564. The molecule has 156 valence electrons. The molecule has 0 spiro atoms. The van der Waals surface area contributed by atoms with Crippen LogP contribution in [0.25, 0.3) is 0 Å². The van der Waals surface area contributed by atoms with Crippen molar-refractivity contribution < 1.29 is 9.18 Å². The molecule has 0 bridgehead atoms. The Morgan fingerprint density at radius 2 is 1.67 bits per heavy atom. The minimum Gasteiger partial charge on any atom is -0.354 e. The van der Waals surface area contributed by atoms with Gasteiger partial charge in [-0.25, -0.2) is 4.39 Å². The maximum Gasteiger partial charge on any atom is 0.207 e. The zero-order chi connectivity index (χ0) is 21.8. The molecular weight excluding hydrogens is 431 g/mol. The van der Waals surface area contributed by atoms with Gasteiger partial charge in [0.25, 0.3) is 0 Å². The summed E-state index contributed by atoms with van der Waals surface area (Å²) in [6.07, 6.45) is 0.503. The van der Waals surface area contributed by atoms with Crippen molar-refractivity contribution in [2.75, 3.05) is 0 Å². The summed E-state index contributed by atoms with van der Waals surface area (Å²) in [5, 5.41) is 2.66. The van der Waals surface area contributed by atoms with Crippen LogP contribution in [0.5, 0.6) is 0 Å². The molecule has 0 aliphatic carbocycles. The standard InChI is InChI=1S/C8H7ClFNO.C7H10BrN.3C2H6/c9-7-2-1-3-8(10)6(7)4-11-5-12;1-3-9-6(2)4-5-7(9)8;3*1-2/h1-3,5H,4H2,(H,11,12);4-5H,3H2,1-2H3;3*1-2H3. The molecule has 0 saturated carbocycles. The number of carbonyl (C=O) groups excluding carboxylic acids is 1. The van der Waals surface area contributed by atoms with E-state index in [1.54, 1.807) is 6.07 Å². The maximum absolute atomic E-state index is 12.9. The molecule has 1 amide bonds. The van der Waals surface area contributed by atoms with E-state index < -0.39 is 5.82 Å². The van der Waals surface area contributed by atoms with Gasteiger partial charge in [-0.15, -0.1) is 0 Å². The van der Waals surface area contributed by atoms with Crippen LogP contribution >= 0.6 is 27.5 Å². The number of nitrogens with one attached hydrogen (secondary N) is 1. The van der Waals surface area contributed by atoms with Gasteiger partial charge in [0, 0.05) is 29.4 Å². The Labute approximate surface area is 178 Å².